The minimum atomic E-state index is -0.627. The van der Waals surface area contributed by atoms with Crippen molar-refractivity contribution >= 4 is 51.0 Å². The first-order valence-electron chi connectivity index (χ1n) is 13.3. The number of hydrogen-bond donors (Lipinski definition) is 5. The first kappa shape index (κ1) is 29.1. The van der Waals surface area contributed by atoms with Crippen LogP contribution in [0.1, 0.15) is 24.8 Å². The molecule has 1 atom stereocenters. The standard InChI is InChI=1S/C28H35BrN8O3/c1-40-22-10-8-19(9-11-22)16-24(30)26(38)32-13-5-12-31-25-23(29)18-33-27(36-25)34-20-6-4-7-21(17-20)35-28(39)37-14-2-3-15-37/h4,6-11,17-18,24H,2-3,5,12-16,30H2,1H3,(H,32,38)(H,35,39)(H2,31,33,34,36)/t24-/m0/s1. The highest BCUT2D eigenvalue weighted by atomic mass is 79.9. The maximum Gasteiger partial charge on any atom is 0.321 e. The number of benzene rings is 2. The van der Waals surface area contributed by atoms with Gasteiger partial charge in [0, 0.05) is 43.8 Å². The molecule has 1 aromatic heterocycles. The summed E-state index contributed by atoms with van der Waals surface area (Å²) in [6, 6.07) is 14.2. The van der Waals surface area contributed by atoms with E-state index in [9.17, 15) is 9.59 Å². The van der Waals surface area contributed by atoms with Gasteiger partial charge in [0.15, 0.2) is 0 Å². The monoisotopic (exact) mass is 610 g/mol. The molecule has 3 amide bonds. The number of urea groups is 1. The van der Waals surface area contributed by atoms with E-state index in [1.807, 2.05) is 53.4 Å². The predicted octanol–water partition coefficient (Wildman–Crippen LogP) is 4.11. The highest BCUT2D eigenvalue weighted by Gasteiger charge is 2.18. The number of nitrogens with two attached hydrogens (primary N) is 1. The normalized spacial score (nSPS) is 13.4. The van der Waals surface area contributed by atoms with E-state index in [1.54, 1.807) is 13.3 Å². The van der Waals surface area contributed by atoms with E-state index in [4.69, 9.17) is 10.5 Å². The fourth-order valence-corrected chi connectivity index (χ4v) is 4.56. The molecule has 0 spiro atoms. The van der Waals surface area contributed by atoms with E-state index in [2.05, 4.69) is 47.2 Å². The summed E-state index contributed by atoms with van der Waals surface area (Å²) in [6.45, 7) is 2.64. The van der Waals surface area contributed by atoms with E-state index < -0.39 is 6.04 Å². The van der Waals surface area contributed by atoms with E-state index in [-0.39, 0.29) is 11.9 Å². The van der Waals surface area contributed by atoms with Crippen LogP contribution in [0.25, 0.3) is 0 Å². The maximum atomic E-state index is 12.4. The molecule has 1 saturated heterocycles. The van der Waals surface area contributed by atoms with E-state index in [0.29, 0.717) is 43.4 Å². The van der Waals surface area contributed by atoms with Gasteiger partial charge in [0.25, 0.3) is 0 Å². The van der Waals surface area contributed by atoms with Gasteiger partial charge >= 0.3 is 6.03 Å². The molecular weight excluding hydrogens is 576 g/mol. The molecule has 0 bridgehead atoms. The molecule has 0 radical (unpaired) electrons. The third-order valence-electron chi connectivity index (χ3n) is 6.40. The summed E-state index contributed by atoms with van der Waals surface area (Å²) in [5.41, 5.74) is 8.50. The lowest BCUT2D eigenvalue weighted by atomic mass is 10.1. The second-order valence-corrected chi connectivity index (χ2v) is 10.3. The fraction of sp³-hybridized carbons (Fsp3) is 0.357. The number of likely N-dealkylation sites (tertiary alicyclic amines) is 1. The Morgan fingerprint density at radius 3 is 2.60 bits per heavy atom. The summed E-state index contributed by atoms with van der Waals surface area (Å²) in [7, 11) is 1.61. The number of nitrogens with zero attached hydrogens (tertiary/aromatic N) is 3. The lowest BCUT2D eigenvalue weighted by Crippen LogP contribution is -2.42. The average Bonchev–Trinajstić information content (AvgIpc) is 3.50. The third-order valence-corrected chi connectivity index (χ3v) is 6.98. The zero-order chi connectivity index (χ0) is 28.3. The SMILES string of the molecule is COc1ccc(C[C@H](N)C(=O)NCCCNc2nc(Nc3cccc(NC(=O)N4CCCC4)c3)ncc2Br)cc1. The highest BCUT2D eigenvalue weighted by Crippen LogP contribution is 2.23. The molecule has 1 aliphatic heterocycles. The zero-order valence-electron chi connectivity index (χ0n) is 22.5. The molecule has 0 aliphatic carbocycles. The Kier molecular flexibility index (Phi) is 10.5. The molecule has 1 fully saturated rings. The van der Waals surface area contributed by atoms with E-state index >= 15 is 0 Å². The van der Waals surface area contributed by atoms with Gasteiger partial charge in [-0.1, -0.05) is 18.2 Å². The number of carbonyl (C=O) groups excluding carboxylic acids is 2. The minimum absolute atomic E-state index is 0.0866. The molecule has 2 aromatic carbocycles. The number of ether oxygens (including phenoxy) is 1. The Balaban J connectivity index is 1.21. The van der Waals surface area contributed by atoms with Crippen LogP contribution in [0.2, 0.25) is 0 Å². The molecule has 12 heteroatoms. The number of halogens is 1. The van der Waals surface area contributed by atoms with Crippen LogP contribution in [0, 0.1) is 0 Å². The molecule has 6 N–H and O–H groups in total. The fourth-order valence-electron chi connectivity index (χ4n) is 4.22. The summed E-state index contributed by atoms with van der Waals surface area (Å²) in [5.74, 6) is 1.61. The van der Waals surface area contributed by atoms with Crippen molar-refractivity contribution in [2.24, 2.45) is 5.73 Å². The number of nitrogens with one attached hydrogen (secondary N) is 4. The molecule has 0 unspecified atom stereocenters. The van der Waals surface area contributed by atoms with Gasteiger partial charge < -0.3 is 36.6 Å². The summed E-state index contributed by atoms with van der Waals surface area (Å²) >= 11 is 3.48. The Labute approximate surface area is 242 Å². The molecule has 40 heavy (non-hydrogen) atoms. The second-order valence-electron chi connectivity index (χ2n) is 9.45. The van der Waals surface area contributed by atoms with Crippen molar-refractivity contribution in [3.8, 4) is 5.75 Å². The predicted molar refractivity (Wildman–Crippen MR) is 160 cm³/mol. The van der Waals surface area contributed by atoms with Crippen LogP contribution in [0.4, 0.5) is 27.9 Å². The summed E-state index contributed by atoms with van der Waals surface area (Å²) in [5, 5.41) is 12.3. The number of carbonyl (C=O) groups is 2. The number of anilines is 4. The van der Waals surface area contributed by atoms with Gasteiger partial charge in [-0.3, -0.25) is 4.79 Å². The summed E-state index contributed by atoms with van der Waals surface area (Å²) in [4.78, 5) is 35.5. The zero-order valence-corrected chi connectivity index (χ0v) is 24.0. The Morgan fingerprint density at radius 1 is 1.10 bits per heavy atom. The molecular formula is C28H35BrN8O3. The molecule has 0 saturated carbocycles. The lowest BCUT2D eigenvalue weighted by Gasteiger charge is -2.16. The average molecular weight is 612 g/mol. The van der Waals surface area contributed by atoms with Crippen molar-refractivity contribution in [3.05, 3.63) is 64.8 Å². The highest BCUT2D eigenvalue weighted by molar-refractivity contribution is 9.10. The Morgan fingerprint density at radius 2 is 1.85 bits per heavy atom. The largest absolute Gasteiger partial charge is 0.497 e. The lowest BCUT2D eigenvalue weighted by molar-refractivity contribution is -0.122. The number of aromatic nitrogens is 2. The summed E-state index contributed by atoms with van der Waals surface area (Å²) in [6.07, 6.45) is 4.88. The first-order valence-corrected chi connectivity index (χ1v) is 14.1. The molecule has 1 aliphatic rings. The van der Waals surface area contributed by atoms with Crippen molar-refractivity contribution < 1.29 is 14.3 Å². The van der Waals surface area contributed by atoms with Gasteiger partial charge in [0.05, 0.1) is 17.6 Å². The van der Waals surface area contributed by atoms with Crippen molar-refractivity contribution in [2.75, 3.05) is 49.2 Å². The van der Waals surface area contributed by atoms with Gasteiger partial charge in [0.1, 0.15) is 11.6 Å². The van der Waals surface area contributed by atoms with Crippen molar-refractivity contribution in [3.63, 3.8) is 0 Å². The minimum Gasteiger partial charge on any atom is -0.497 e. The van der Waals surface area contributed by atoms with Crippen LogP contribution < -0.4 is 31.7 Å². The molecule has 2 heterocycles. The van der Waals surface area contributed by atoms with Crippen LogP contribution in [-0.4, -0.2) is 66.1 Å². The van der Waals surface area contributed by atoms with E-state index in [0.717, 1.165) is 47.4 Å². The summed E-state index contributed by atoms with van der Waals surface area (Å²) < 4.78 is 5.87. The van der Waals surface area contributed by atoms with Crippen LogP contribution in [-0.2, 0) is 11.2 Å². The number of rotatable bonds is 12. The quantitative estimate of drug-likeness (QED) is 0.193. The van der Waals surface area contributed by atoms with Crippen molar-refractivity contribution in [2.45, 2.75) is 31.7 Å². The smallest absolute Gasteiger partial charge is 0.321 e. The van der Waals surface area contributed by atoms with Gasteiger partial charge in [0.2, 0.25) is 11.9 Å². The van der Waals surface area contributed by atoms with Gasteiger partial charge in [-0.15, -0.1) is 0 Å². The molecule has 4 rings (SSSR count). The Bertz CT molecular complexity index is 1280. The number of hydrogen-bond acceptors (Lipinski definition) is 8. The van der Waals surface area contributed by atoms with Crippen molar-refractivity contribution in [1.82, 2.24) is 20.2 Å². The second kappa shape index (κ2) is 14.5. The number of amides is 3. The third kappa shape index (κ3) is 8.55. The number of methoxy groups -OCH3 is 1. The maximum absolute atomic E-state index is 12.4. The molecule has 11 nitrogen and oxygen atoms in total. The molecule has 212 valence electrons. The van der Waals surface area contributed by atoms with Gasteiger partial charge in [-0.05, 0) is 77.5 Å². The first-order chi connectivity index (χ1) is 19.4. The van der Waals surface area contributed by atoms with Crippen LogP contribution >= 0.6 is 15.9 Å². The van der Waals surface area contributed by atoms with Crippen LogP contribution in [0.15, 0.2) is 59.2 Å². The van der Waals surface area contributed by atoms with Crippen LogP contribution in [0.5, 0.6) is 5.75 Å². The van der Waals surface area contributed by atoms with Crippen LogP contribution in [0.3, 0.4) is 0 Å². The van der Waals surface area contributed by atoms with Crippen molar-refractivity contribution in [1.29, 1.82) is 0 Å². The van der Waals surface area contributed by atoms with Gasteiger partial charge in [-0.25, -0.2) is 9.78 Å². The van der Waals surface area contributed by atoms with E-state index in [1.165, 1.54) is 0 Å². The Hall–Kier alpha value is -3.90. The molecule has 3 aromatic rings. The topological polar surface area (TPSA) is 147 Å². The van der Waals surface area contributed by atoms with Gasteiger partial charge in [-0.2, -0.15) is 4.98 Å².